The number of hydrogen-bond acceptors (Lipinski definition) is 5. The van der Waals surface area contributed by atoms with Gasteiger partial charge in [0.25, 0.3) is 0 Å². The molecule has 0 fully saturated rings. The average molecular weight is 427 g/mol. The first kappa shape index (κ1) is 21.8. The molecule has 0 aliphatic rings. The van der Waals surface area contributed by atoms with Gasteiger partial charge in [0.1, 0.15) is 18.1 Å². The highest BCUT2D eigenvalue weighted by Crippen LogP contribution is 2.19. The lowest BCUT2D eigenvalue weighted by atomic mass is 10.1. The van der Waals surface area contributed by atoms with Crippen molar-refractivity contribution in [1.29, 1.82) is 0 Å². The number of methoxy groups -OCH3 is 1. The van der Waals surface area contributed by atoms with Gasteiger partial charge < -0.3 is 19.9 Å². The molecule has 2 heterocycles. The van der Waals surface area contributed by atoms with E-state index in [1.54, 1.807) is 18.4 Å². The number of thiophene rings is 1. The third-order valence-electron chi connectivity index (χ3n) is 4.98. The number of guanidine groups is 1. The van der Waals surface area contributed by atoms with Gasteiger partial charge in [-0.3, -0.25) is 0 Å². The minimum Gasteiger partial charge on any atom is -0.496 e. The van der Waals surface area contributed by atoms with Crippen molar-refractivity contribution in [1.82, 2.24) is 25.4 Å². The van der Waals surface area contributed by atoms with Crippen LogP contribution in [0.25, 0.3) is 0 Å². The van der Waals surface area contributed by atoms with E-state index < -0.39 is 0 Å². The molecule has 0 saturated carbocycles. The molecule has 160 valence electrons. The van der Waals surface area contributed by atoms with Crippen LogP contribution in [-0.4, -0.2) is 40.9 Å². The Morgan fingerprint density at radius 3 is 2.60 bits per heavy atom. The predicted octanol–water partition coefficient (Wildman–Crippen LogP) is 3.02. The van der Waals surface area contributed by atoms with E-state index in [4.69, 9.17) is 9.73 Å². The predicted molar refractivity (Wildman–Crippen MR) is 122 cm³/mol. The Labute approximate surface area is 182 Å². The number of benzene rings is 1. The minimum atomic E-state index is 0.476. The number of aromatic nitrogens is 3. The van der Waals surface area contributed by atoms with Crippen LogP contribution >= 0.6 is 11.3 Å². The summed E-state index contributed by atoms with van der Waals surface area (Å²) in [7, 11) is 3.67. The molecular formula is C22H30N6OS. The molecule has 0 spiro atoms. The minimum absolute atomic E-state index is 0.476. The second-order valence-electron chi connectivity index (χ2n) is 7.12. The summed E-state index contributed by atoms with van der Waals surface area (Å²) in [5.41, 5.74) is 2.37. The Morgan fingerprint density at radius 2 is 1.93 bits per heavy atom. The van der Waals surface area contributed by atoms with E-state index in [1.165, 1.54) is 10.4 Å². The van der Waals surface area contributed by atoms with Crippen LogP contribution in [0.4, 0.5) is 0 Å². The van der Waals surface area contributed by atoms with Crippen molar-refractivity contribution in [3.8, 4) is 5.75 Å². The first-order valence-corrected chi connectivity index (χ1v) is 11.0. The van der Waals surface area contributed by atoms with E-state index in [0.29, 0.717) is 6.54 Å². The Balaban J connectivity index is 1.59. The Kier molecular flexibility index (Phi) is 7.84. The number of nitrogens with one attached hydrogen (secondary N) is 2. The molecule has 0 aliphatic heterocycles. The maximum atomic E-state index is 5.43. The molecule has 7 nitrogen and oxygen atoms in total. The maximum Gasteiger partial charge on any atom is 0.191 e. The van der Waals surface area contributed by atoms with Crippen molar-refractivity contribution in [3.05, 3.63) is 63.4 Å². The molecule has 30 heavy (non-hydrogen) atoms. The number of aliphatic imine (C=N–C) groups is 1. The summed E-state index contributed by atoms with van der Waals surface area (Å²) in [6.07, 6.45) is 1.85. The van der Waals surface area contributed by atoms with Gasteiger partial charge in [0.2, 0.25) is 0 Å². The van der Waals surface area contributed by atoms with Crippen LogP contribution in [0.2, 0.25) is 0 Å². The van der Waals surface area contributed by atoms with Gasteiger partial charge >= 0.3 is 0 Å². The van der Waals surface area contributed by atoms with Gasteiger partial charge in [0, 0.05) is 25.0 Å². The summed E-state index contributed by atoms with van der Waals surface area (Å²) in [6, 6.07) is 10.6. The van der Waals surface area contributed by atoms with Gasteiger partial charge in [-0.25, -0.2) is 4.99 Å². The Morgan fingerprint density at radius 1 is 1.13 bits per heavy atom. The van der Waals surface area contributed by atoms with E-state index in [1.807, 2.05) is 18.5 Å². The second-order valence-corrected chi connectivity index (χ2v) is 8.16. The van der Waals surface area contributed by atoms with E-state index in [9.17, 15) is 0 Å². The molecular weight excluding hydrogens is 396 g/mol. The summed E-state index contributed by atoms with van der Waals surface area (Å²) < 4.78 is 7.40. The quantitative estimate of drug-likeness (QED) is 0.406. The summed E-state index contributed by atoms with van der Waals surface area (Å²) >= 11 is 1.78. The summed E-state index contributed by atoms with van der Waals surface area (Å²) in [5.74, 6) is 3.43. The highest BCUT2D eigenvalue weighted by Gasteiger charge is 2.06. The molecule has 0 unspecified atom stereocenters. The van der Waals surface area contributed by atoms with Gasteiger partial charge in [0.05, 0.1) is 7.11 Å². The molecule has 0 radical (unpaired) electrons. The molecule has 3 rings (SSSR count). The number of nitrogens with zero attached hydrogens (tertiary/aromatic N) is 4. The fourth-order valence-corrected chi connectivity index (χ4v) is 3.73. The van der Waals surface area contributed by atoms with Gasteiger partial charge in [-0.2, -0.15) is 0 Å². The Bertz CT molecular complexity index is 964. The van der Waals surface area contributed by atoms with Gasteiger partial charge in [-0.05, 0) is 55.3 Å². The highest BCUT2D eigenvalue weighted by molar-refractivity contribution is 7.09. The van der Waals surface area contributed by atoms with Crippen LogP contribution in [0.1, 0.15) is 27.7 Å². The smallest absolute Gasteiger partial charge is 0.191 e. The lowest BCUT2D eigenvalue weighted by molar-refractivity contribution is 0.411. The zero-order valence-corrected chi connectivity index (χ0v) is 18.9. The van der Waals surface area contributed by atoms with E-state index in [0.717, 1.165) is 54.9 Å². The second kappa shape index (κ2) is 10.8. The zero-order valence-electron chi connectivity index (χ0n) is 18.1. The van der Waals surface area contributed by atoms with Crippen LogP contribution in [-0.2, 0) is 26.4 Å². The lowest BCUT2D eigenvalue weighted by Crippen LogP contribution is -2.39. The molecule has 0 saturated heterocycles. The molecule has 0 amide bonds. The molecule has 2 aromatic heterocycles. The van der Waals surface area contributed by atoms with E-state index in [-0.39, 0.29) is 0 Å². The van der Waals surface area contributed by atoms with Gasteiger partial charge in [-0.1, -0.05) is 18.2 Å². The van der Waals surface area contributed by atoms with Gasteiger partial charge in [0.15, 0.2) is 11.8 Å². The van der Waals surface area contributed by atoms with Crippen molar-refractivity contribution in [3.63, 3.8) is 0 Å². The van der Waals surface area contributed by atoms with E-state index in [2.05, 4.69) is 63.5 Å². The highest BCUT2D eigenvalue weighted by atomic mass is 32.1. The van der Waals surface area contributed by atoms with Crippen LogP contribution in [0, 0.1) is 13.8 Å². The summed E-state index contributed by atoms with van der Waals surface area (Å²) in [5, 5.41) is 17.3. The van der Waals surface area contributed by atoms with Crippen LogP contribution in [0.3, 0.4) is 0 Å². The number of rotatable bonds is 9. The first-order chi connectivity index (χ1) is 14.6. The fourth-order valence-electron chi connectivity index (χ4n) is 3.02. The third-order valence-corrected chi connectivity index (χ3v) is 5.92. The molecule has 0 atom stereocenters. The molecule has 2 N–H and O–H groups in total. The van der Waals surface area contributed by atoms with Gasteiger partial charge in [-0.15, -0.1) is 21.5 Å². The third kappa shape index (κ3) is 6.06. The van der Waals surface area contributed by atoms with Crippen molar-refractivity contribution in [2.75, 3.05) is 20.2 Å². The molecule has 0 bridgehead atoms. The summed E-state index contributed by atoms with van der Waals surface area (Å²) in [4.78, 5) is 6.07. The zero-order chi connectivity index (χ0) is 21.3. The molecule has 3 aromatic rings. The standard InChI is InChI=1S/C22H30N6OS/c1-16-7-8-18(14-20(16)29-4)9-11-23-22(24-12-10-19-6-5-13-30-19)25-15-21-27-26-17(2)28(21)3/h5-8,13-14H,9-12,15H2,1-4H3,(H2,23,24,25). The monoisotopic (exact) mass is 426 g/mol. The van der Waals surface area contributed by atoms with Crippen LogP contribution in [0.5, 0.6) is 5.75 Å². The molecule has 1 aromatic carbocycles. The number of hydrogen-bond donors (Lipinski definition) is 2. The molecule has 0 aliphatic carbocycles. The number of ether oxygens (including phenoxy) is 1. The van der Waals surface area contributed by atoms with Crippen LogP contribution in [0.15, 0.2) is 40.7 Å². The van der Waals surface area contributed by atoms with Crippen molar-refractivity contribution in [2.24, 2.45) is 12.0 Å². The normalized spacial score (nSPS) is 11.5. The van der Waals surface area contributed by atoms with Crippen molar-refractivity contribution >= 4 is 17.3 Å². The first-order valence-electron chi connectivity index (χ1n) is 10.1. The van der Waals surface area contributed by atoms with E-state index >= 15 is 0 Å². The van der Waals surface area contributed by atoms with Crippen molar-refractivity contribution in [2.45, 2.75) is 33.2 Å². The molecule has 8 heteroatoms. The maximum absolute atomic E-state index is 5.43. The van der Waals surface area contributed by atoms with Crippen LogP contribution < -0.4 is 15.4 Å². The Hall–Kier alpha value is -2.87. The largest absolute Gasteiger partial charge is 0.496 e. The van der Waals surface area contributed by atoms with Crippen molar-refractivity contribution < 1.29 is 4.74 Å². The topological polar surface area (TPSA) is 76.4 Å². The number of aryl methyl sites for hydroxylation is 2. The summed E-state index contributed by atoms with van der Waals surface area (Å²) in [6.45, 7) is 6.06. The fraction of sp³-hybridized carbons (Fsp3) is 0.409. The average Bonchev–Trinajstić information content (AvgIpc) is 3.37. The lowest BCUT2D eigenvalue weighted by Gasteiger charge is -2.13. The SMILES string of the molecule is COc1cc(CCNC(=NCc2nnc(C)n2C)NCCc2cccs2)ccc1C.